The van der Waals surface area contributed by atoms with Gasteiger partial charge in [0.2, 0.25) is 5.91 Å². The van der Waals surface area contributed by atoms with E-state index in [0.717, 1.165) is 42.2 Å². The van der Waals surface area contributed by atoms with Crippen molar-refractivity contribution < 1.29 is 4.79 Å². The number of imidazole rings is 1. The summed E-state index contributed by atoms with van der Waals surface area (Å²) in [5, 5.41) is 3.96. The van der Waals surface area contributed by atoms with Crippen molar-refractivity contribution in [2.24, 2.45) is 0 Å². The van der Waals surface area contributed by atoms with Gasteiger partial charge in [0.1, 0.15) is 0 Å². The van der Waals surface area contributed by atoms with Crippen molar-refractivity contribution >= 4 is 28.7 Å². The molecule has 1 saturated heterocycles. The van der Waals surface area contributed by atoms with Gasteiger partial charge in [0.05, 0.1) is 16.8 Å². The average Bonchev–Trinajstić information content (AvgIpc) is 3.27. The topological polar surface area (TPSA) is 61.0 Å². The molecule has 1 aliphatic rings. The smallest absolute Gasteiger partial charge is 0.230 e. The predicted octanol–water partition coefficient (Wildman–Crippen LogP) is 3.35. The molecule has 1 atom stereocenters. The minimum atomic E-state index is 0.0724. The van der Waals surface area contributed by atoms with E-state index in [-0.39, 0.29) is 11.9 Å². The van der Waals surface area contributed by atoms with Gasteiger partial charge in [-0.1, -0.05) is 48.2 Å². The largest absolute Gasteiger partial charge is 0.351 e. The summed E-state index contributed by atoms with van der Waals surface area (Å²) in [5.74, 6) is 0.455. The van der Waals surface area contributed by atoms with E-state index in [0.29, 0.717) is 5.75 Å². The van der Waals surface area contributed by atoms with Crippen LogP contribution in [-0.4, -0.2) is 45.7 Å². The second kappa shape index (κ2) is 8.15. The number of thioether (sulfide) groups is 1. The van der Waals surface area contributed by atoms with Gasteiger partial charge in [-0.2, -0.15) is 0 Å². The van der Waals surface area contributed by atoms with Crippen LogP contribution in [0, 0.1) is 6.92 Å². The number of aromatic nitrogens is 2. The number of fused-ring (bicyclic) bond motifs is 1. The first-order valence-electron chi connectivity index (χ1n) is 9.30. The minimum absolute atomic E-state index is 0.0724. The normalized spacial score (nSPS) is 17.4. The summed E-state index contributed by atoms with van der Waals surface area (Å²) < 4.78 is 0. The second-order valence-corrected chi connectivity index (χ2v) is 8.09. The number of aromatic amines is 1. The van der Waals surface area contributed by atoms with Gasteiger partial charge in [-0.05, 0) is 36.6 Å². The fourth-order valence-electron chi connectivity index (χ4n) is 3.51. The second-order valence-electron chi connectivity index (χ2n) is 7.13. The Morgan fingerprint density at radius 3 is 3.00 bits per heavy atom. The Bertz CT molecular complexity index is 924. The molecule has 1 fully saturated rings. The predicted molar refractivity (Wildman–Crippen MR) is 110 cm³/mol. The van der Waals surface area contributed by atoms with Crippen LogP contribution in [0.3, 0.4) is 0 Å². The zero-order chi connectivity index (χ0) is 18.6. The molecule has 27 heavy (non-hydrogen) atoms. The van der Waals surface area contributed by atoms with Crippen molar-refractivity contribution in [1.29, 1.82) is 0 Å². The summed E-state index contributed by atoms with van der Waals surface area (Å²) >= 11 is 1.45. The molecule has 6 heteroatoms. The Balaban J connectivity index is 1.24. The lowest BCUT2D eigenvalue weighted by Gasteiger charge is -2.16. The van der Waals surface area contributed by atoms with E-state index in [1.165, 1.54) is 22.9 Å². The van der Waals surface area contributed by atoms with Crippen molar-refractivity contribution in [1.82, 2.24) is 20.2 Å². The molecule has 140 valence electrons. The summed E-state index contributed by atoms with van der Waals surface area (Å²) in [6, 6.07) is 16.8. The van der Waals surface area contributed by atoms with Crippen molar-refractivity contribution in [2.45, 2.75) is 31.1 Å². The molecule has 2 N–H and O–H groups in total. The van der Waals surface area contributed by atoms with Crippen molar-refractivity contribution in [3.63, 3.8) is 0 Å². The third-order valence-electron chi connectivity index (χ3n) is 4.84. The van der Waals surface area contributed by atoms with E-state index in [9.17, 15) is 4.79 Å². The van der Waals surface area contributed by atoms with Gasteiger partial charge in [0, 0.05) is 25.7 Å². The highest BCUT2D eigenvalue weighted by molar-refractivity contribution is 7.99. The summed E-state index contributed by atoms with van der Waals surface area (Å²) in [6.07, 6.45) is 1.01. The Kier molecular flexibility index (Phi) is 5.45. The molecule has 0 aliphatic carbocycles. The van der Waals surface area contributed by atoms with E-state index in [2.05, 4.69) is 57.4 Å². The van der Waals surface area contributed by atoms with E-state index in [1.807, 2.05) is 18.2 Å². The molecule has 1 amide bonds. The van der Waals surface area contributed by atoms with Gasteiger partial charge in [0.15, 0.2) is 5.16 Å². The molecular formula is C21H24N4OS. The SMILES string of the molecule is Cc1ccc2nc(SCC(=O)NC3CCN(Cc4ccccc4)C3)[nH]c2c1. The maximum absolute atomic E-state index is 12.3. The summed E-state index contributed by atoms with van der Waals surface area (Å²) in [6.45, 7) is 4.94. The number of carbonyl (C=O) groups is 1. The molecule has 1 aromatic heterocycles. The Morgan fingerprint density at radius 2 is 2.15 bits per heavy atom. The van der Waals surface area contributed by atoms with E-state index >= 15 is 0 Å². The van der Waals surface area contributed by atoms with Crippen LogP contribution in [0.15, 0.2) is 53.7 Å². The number of likely N-dealkylation sites (tertiary alicyclic amines) is 1. The minimum Gasteiger partial charge on any atom is -0.351 e. The van der Waals surface area contributed by atoms with Gasteiger partial charge in [0.25, 0.3) is 0 Å². The number of nitrogens with one attached hydrogen (secondary N) is 2. The van der Waals surface area contributed by atoms with E-state index < -0.39 is 0 Å². The van der Waals surface area contributed by atoms with Crippen LogP contribution in [-0.2, 0) is 11.3 Å². The standard InChI is InChI=1S/C21H24N4OS/c1-15-7-8-18-19(11-15)24-21(23-18)27-14-20(26)22-17-9-10-25(13-17)12-16-5-3-2-4-6-16/h2-8,11,17H,9-10,12-14H2,1H3,(H,22,26)(H,23,24). The Morgan fingerprint density at radius 1 is 1.30 bits per heavy atom. The summed E-state index contributed by atoms with van der Waals surface area (Å²) in [7, 11) is 0. The highest BCUT2D eigenvalue weighted by atomic mass is 32.2. The first-order chi connectivity index (χ1) is 13.2. The van der Waals surface area contributed by atoms with Crippen molar-refractivity contribution in [3.05, 3.63) is 59.7 Å². The fraction of sp³-hybridized carbons (Fsp3) is 0.333. The lowest BCUT2D eigenvalue weighted by Crippen LogP contribution is -2.38. The number of hydrogen-bond acceptors (Lipinski definition) is 4. The van der Waals surface area contributed by atoms with Crippen molar-refractivity contribution in [2.75, 3.05) is 18.8 Å². The zero-order valence-corrected chi connectivity index (χ0v) is 16.3. The quantitative estimate of drug-likeness (QED) is 0.644. The highest BCUT2D eigenvalue weighted by Gasteiger charge is 2.23. The van der Waals surface area contributed by atoms with Crippen LogP contribution < -0.4 is 5.32 Å². The molecule has 4 rings (SSSR count). The van der Waals surface area contributed by atoms with Crippen LogP contribution in [0.1, 0.15) is 17.5 Å². The number of benzene rings is 2. The highest BCUT2D eigenvalue weighted by Crippen LogP contribution is 2.20. The van der Waals surface area contributed by atoms with Gasteiger partial charge < -0.3 is 10.3 Å². The number of H-pyrrole nitrogens is 1. The number of rotatable bonds is 6. The molecule has 1 aliphatic heterocycles. The molecule has 5 nitrogen and oxygen atoms in total. The van der Waals surface area contributed by atoms with Gasteiger partial charge in [-0.25, -0.2) is 4.98 Å². The lowest BCUT2D eigenvalue weighted by molar-refractivity contribution is -0.119. The third kappa shape index (κ3) is 4.70. The van der Waals surface area contributed by atoms with Gasteiger partial charge in [-0.15, -0.1) is 0 Å². The Labute approximate surface area is 163 Å². The average molecular weight is 381 g/mol. The summed E-state index contributed by atoms with van der Waals surface area (Å²) in [4.78, 5) is 22.5. The van der Waals surface area contributed by atoms with E-state index in [4.69, 9.17) is 0 Å². The van der Waals surface area contributed by atoms with Crippen LogP contribution in [0.4, 0.5) is 0 Å². The lowest BCUT2D eigenvalue weighted by atomic mass is 10.2. The molecule has 0 bridgehead atoms. The molecule has 1 unspecified atom stereocenters. The number of nitrogens with zero attached hydrogens (tertiary/aromatic N) is 2. The van der Waals surface area contributed by atoms with Crippen LogP contribution in [0.25, 0.3) is 11.0 Å². The number of amides is 1. The van der Waals surface area contributed by atoms with Crippen LogP contribution in [0.2, 0.25) is 0 Å². The van der Waals surface area contributed by atoms with Gasteiger partial charge >= 0.3 is 0 Å². The maximum Gasteiger partial charge on any atom is 0.230 e. The molecule has 0 spiro atoms. The Hall–Kier alpha value is -2.31. The maximum atomic E-state index is 12.3. The molecular weight excluding hydrogens is 356 g/mol. The molecule has 0 radical (unpaired) electrons. The number of carbonyl (C=O) groups excluding carboxylic acids is 1. The third-order valence-corrected chi connectivity index (χ3v) is 5.72. The molecule has 2 heterocycles. The molecule has 0 saturated carbocycles. The first-order valence-corrected chi connectivity index (χ1v) is 10.3. The van der Waals surface area contributed by atoms with Gasteiger partial charge in [-0.3, -0.25) is 9.69 Å². The van der Waals surface area contributed by atoms with Crippen LogP contribution >= 0.6 is 11.8 Å². The van der Waals surface area contributed by atoms with Crippen LogP contribution in [0.5, 0.6) is 0 Å². The fourth-order valence-corrected chi connectivity index (χ4v) is 4.20. The molecule has 2 aromatic carbocycles. The molecule has 3 aromatic rings. The monoisotopic (exact) mass is 380 g/mol. The first kappa shape index (κ1) is 18.1. The number of hydrogen-bond donors (Lipinski definition) is 2. The van der Waals surface area contributed by atoms with Crippen molar-refractivity contribution in [3.8, 4) is 0 Å². The van der Waals surface area contributed by atoms with E-state index in [1.54, 1.807) is 0 Å². The zero-order valence-electron chi connectivity index (χ0n) is 15.4. The number of aryl methyl sites for hydroxylation is 1. The summed E-state index contributed by atoms with van der Waals surface area (Å²) in [5.41, 5.74) is 4.47.